The van der Waals surface area contributed by atoms with Crippen molar-refractivity contribution in [1.29, 1.82) is 0 Å². The summed E-state index contributed by atoms with van der Waals surface area (Å²) in [6.07, 6.45) is 1.15. The zero-order chi connectivity index (χ0) is 14.0. The minimum Gasteiger partial charge on any atom is -0.478 e. The monoisotopic (exact) mass is 345 g/mol. The second-order valence-electron chi connectivity index (χ2n) is 3.46. The molecule has 0 spiro atoms. The number of hydrogen-bond acceptors (Lipinski definition) is 3. The Labute approximate surface area is 120 Å². The van der Waals surface area contributed by atoms with Crippen LogP contribution in [-0.4, -0.2) is 16.1 Å². The number of carbonyl (C=O) groups is 1. The van der Waals surface area contributed by atoms with Gasteiger partial charge in [-0.1, -0.05) is 27.5 Å². The lowest BCUT2D eigenvalue weighted by atomic mass is 10.2. The molecule has 0 saturated carbocycles. The summed E-state index contributed by atoms with van der Waals surface area (Å²) in [6.45, 7) is 0. The number of pyridine rings is 1. The molecule has 1 N–H and O–H groups in total. The van der Waals surface area contributed by atoms with Gasteiger partial charge in [-0.2, -0.15) is 0 Å². The Morgan fingerprint density at radius 2 is 2.16 bits per heavy atom. The van der Waals surface area contributed by atoms with Gasteiger partial charge >= 0.3 is 5.97 Å². The number of nitrogens with zero attached hydrogens (tertiary/aromatic N) is 1. The van der Waals surface area contributed by atoms with Crippen LogP contribution in [0.3, 0.4) is 0 Å². The van der Waals surface area contributed by atoms with Gasteiger partial charge in [-0.05, 0) is 24.3 Å². The summed E-state index contributed by atoms with van der Waals surface area (Å²) < 4.78 is 19.7. The standard InChI is InChI=1S/C12H6BrClFNO3/c13-6-1-2-9(8(14)5-6)19-11-10(15)7(12(17)18)3-4-16-11/h1-5H,(H,17,18). The number of benzene rings is 1. The zero-order valence-electron chi connectivity index (χ0n) is 9.23. The smallest absolute Gasteiger partial charge is 0.338 e. The molecular formula is C12H6BrClFNO3. The Kier molecular flexibility index (Phi) is 4.01. The summed E-state index contributed by atoms with van der Waals surface area (Å²) in [5.41, 5.74) is -0.516. The van der Waals surface area contributed by atoms with Crippen LogP contribution in [0.25, 0.3) is 0 Å². The predicted molar refractivity (Wildman–Crippen MR) is 70.4 cm³/mol. The van der Waals surface area contributed by atoms with Crippen molar-refractivity contribution in [3.8, 4) is 11.6 Å². The van der Waals surface area contributed by atoms with E-state index in [0.717, 1.165) is 16.7 Å². The van der Waals surface area contributed by atoms with E-state index in [4.69, 9.17) is 21.4 Å². The molecule has 0 fully saturated rings. The second kappa shape index (κ2) is 5.54. The average molecular weight is 347 g/mol. The van der Waals surface area contributed by atoms with Crippen LogP contribution in [-0.2, 0) is 0 Å². The van der Waals surface area contributed by atoms with Crippen molar-refractivity contribution in [2.24, 2.45) is 0 Å². The molecule has 2 rings (SSSR count). The van der Waals surface area contributed by atoms with Crippen LogP contribution in [0.1, 0.15) is 10.4 Å². The van der Waals surface area contributed by atoms with Crippen LogP contribution in [0, 0.1) is 5.82 Å². The summed E-state index contributed by atoms with van der Waals surface area (Å²) in [7, 11) is 0. The molecule has 19 heavy (non-hydrogen) atoms. The van der Waals surface area contributed by atoms with Gasteiger partial charge in [0.15, 0.2) is 5.82 Å². The molecule has 0 bridgehead atoms. The van der Waals surface area contributed by atoms with Gasteiger partial charge in [0, 0.05) is 10.7 Å². The molecule has 1 aromatic carbocycles. The fourth-order valence-electron chi connectivity index (χ4n) is 1.32. The Morgan fingerprint density at radius 3 is 2.79 bits per heavy atom. The molecule has 0 unspecified atom stereocenters. The van der Waals surface area contributed by atoms with Crippen LogP contribution in [0.15, 0.2) is 34.9 Å². The molecule has 0 aliphatic carbocycles. The van der Waals surface area contributed by atoms with Gasteiger partial charge in [-0.3, -0.25) is 0 Å². The number of aromatic nitrogens is 1. The molecule has 0 aliphatic rings. The van der Waals surface area contributed by atoms with E-state index >= 15 is 0 Å². The first-order valence-corrected chi connectivity index (χ1v) is 6.17. The molecule has 1 heterocycles. The Bertz CT molecular complexity index is 651. The molecule has 0 radical (unpaired) electrons. The maximum atomic E-state index is 13.8. The Hall–Kier alpha value is -1.66. The number of rotatable bonds is 3. The normalized spacial score (nSPS) is 10.3. The predicted octanol–water partition coefficient (Wildman–Crippen LogP) is 4.13. The van der Waals surface area contributed by atoms with Crippen LogP contribution in [0.4, 0.5) is 4.39 Å². The van der Waals surface area contributed by atoms with E-state index in [0.29, 0.717) is 0 Å². The molecule has 4 nitrogen and oxygen atoms in total. The number of ether oxygens (including phenoxy) is 1. The van der Waals surface area contributed by atoms with E-state index in [1.807, 2.05) is 0 Å². The summed E-state index contributed by atoms with van der Waals surface area (Å²) in [5, 5.41) is 9.04. The highest BCUT2D eigenvalue weighted by molar-refractivity contribution is 9.10. The van der Waals surface area contributed by atoms with E-state index in [1.165, 1.54) is 6.07 Å². The highest BCUT2D eigenvalue weighted by atomic mass is 79.9. The van der Waals surface area contributed by atoms with Crippen molar-refractivity contribution in [1.82, 2.24) is 4.98 Å². The summed E-state index contributed by atoms with van der Waals surface area (Å²) in [5.74, 6) is -2.71. The number of hydrogen-bond donors (Lipinski definition) is 1. The zero-order valence-corrected chi connectivity index (χ0v) is 11.6. The maximum absolute atomic E-state index is 13.8. The van der Waals surface area contributed by atoms with Gasteiger partial charge in [0.25, 0.3) is 5.88 Å². The summed E-state index contributed by atoms with van der Waals surface area (Å²) in [4.78, 5) is 14.4. The molecule has 7 heteroatoms. The average Bonchev–Trinajstić information content (AvgIpc) is 2.34. The number of halogens is 3. The van der Waals surface area contributed by atoms with Crippen molar-refractivity contribution in [3.05, 3.63) is 51.3 Å². The van der Waals surface area contributed by atoms with E-state index in [1.54, 1.807) is 12.1 Å². The van der Waals surface area contributed by atoms with Crippen molar-refractivity contribution >= 4 is 33.5 Å². The Balaban J connectivity index is 2.38. The maximum Gasteiger partial charge on any atom is 0.338 e. The first-order valence-electron chi connectivity index (χ1n) is 4.99. The molecule has 98 valence electrons. The first kappa shape index (κ1) is 13.8. The van der Waals surface area contributed by atoms with E-state index in [-0.39, 0.29) is 10.8 Å². The van der Waals surface area contributed by atoms with Crippen molar-refractivity contribution in [2.45, 2.75) is 0 Å². The second-order valence-corrected chi connectivity index (χ2v) is 4.78. The van der Waals surface area contributed by atoms with Crippen molar-refractivity contribution in [2.75, 3.05) is 0 Å². The van der Waals surface area contributed by atoms with Gasteiger partial charge in [0.05, 0.1) is 5.02 Å². The van der Waals surface area contributed by atoms with Gasteiger partial charge in [-0.15, -0.1) is 0 Å². The molecule has 0 atom stereocenters. The molecule has 0 amide bonds. The minimum absolute atomic E-state index is 0.179. The lowest BCUT2D eigenvalue weighted by molar-refractivity contribution is 0.0690. The van der Waals surface area contributed by atoms with Crippen LogP contribution in [0.2, 0.25) is 5.02 Å². The first-order chi connectivity index (χ1) is 8.99. The summed E-state index contributed by atoms with van der Waals surface area (Å²) >= 11 is 9.13. The van der Waals surface area contributed by atoms with Gasteiger partial charge in [-0.25, -0.2) is 14.2 Å². The van der Waals surface area contributed by atoms with Gasteiger partial charge in [0.1, 0.15) is 11.3 Å². The molecule has 2 aromatic rings. The highest BCUT2D eigenvalue weighted by Gasteiger charge is 2.17. The number of carboxylic acid groups (broad SMARTS) is 1. The number of aromatic carboxylic acids is 1. The van der Waals surface area contributed by atoms with Crippen molar-refractivity contribution < 1.29 is 19.0 Å². The van der Waals surface area contributed by atoms with Crippen LogP contribution in [0.5, 0.6) is 11.6 Å². The lowest BCUT2D eigenvalue weighted by Crippen LogP contribution is -2.03. The van der Waals surface area contributed by atoms with Crippen LogP contribution < -0.4 is 4.74 Å². The van der Waals surface area contributed by atoms with Crippen molar-refractivity contribution in [3.63, 3.8) is 0 Å². The third kappa shape index (κ3) is 3.02. The van der Waals surface area contributed by atoms with E-state index < -0.39 is 23.2 Å². The topological polar surface area (TPSA) is 59.4 Å². The van der Waals surface area contributed by atoms with Crippen LogP contribution >= 0.6 is 27.5 Å². The third-order valence-corrected chi connectivity index (χ3v) is 2.98. The van der Waals surface area contributed by atoms with E-state index in [9.17, 15) is 9.18 Å². The quantitative estimate of drug-likeness (QED) is 0.908. The molecule has 0 aliphatic heterocycles. The Morgan fingerprint density at radius 1 is 1.42 bits per heavy atom. The van der Waals surface area contributed by atoms with Gasteiger partial charge in [0.2, 0.25) is 0 Å². The van der Waals surface area contributed by atoms with E-state index in [2.05, 4.69) is 20.9 Å². The van der Waals surface area contributed by atoms with Gasteiger partial charge < -0.3 is 9.84 Å². The minimum atomic E-state index is -1.40. The fraction of sp³-hybridized carbons (Fsp3) is 0. The molecular weight excluding hydrogens is 340 g/mol. The molecule has 0 saturated heterocycles. The highest BCUT2D eigenvalue weighted by Crippen LogP contribution is 2.32. The molecule has 1 aromatic heterocycles. The lowest BCUT2D eigenvalue weighted by Gasteiger charge is -2.08. The third-order valence-electron chi connectivity index (χ3n) is 2.19. The SMILES string of the molecule is O=C(O)c1ccnc(Oc2ccc(Br)cc2Cl)c1F. The number of carboxylic acids is 1. The summed E-state index contributed by atoms with van der Waals surface area (Å²) in [6, 6.07) is 5.78. The fourth-order valence-corrected chi connectivity index (χ4v) is 2.03. The largest absolute Gasteiger partial charge is 0.478 e.